The molecule has 0 fully saturated rings. The summed E-state index contributed by atoms with van der Waals surface area (Å²) in [5, 5.41) is 12.2. The van der Waals surface area contributed by atoms with Crippen LogP contribution >= 0.6 is 22.6 Å². The summed E-state index contributed by atoms with van der Waals surface area (Å²) in [6, 6.07) is 20.0. The van der Waals surface area contributed by atoms with Crippen LogP contribution in [0.25, 0.3) is 0 Å². The average Bonchev–Trinajstić information content (AvgIpc) is 3.11. The number of rotatable bonds is 7. The van der Waals surface area contributed by atoms with Gasteiger partial charge in [0.2, 0.25) is 5.75 Å². The monoisotopic (exact) mass is 806 g/mol. The van der Waals surface area contributed by atoms with Crippen molar-refractivity contribution in [3.8, 4) is 46.0 Å². The molecule has 6 bridgehead atoms. The fraction of sp³-hybridized carbons (Fsp3) is 0.375. The highest BCUT2D eigenvalue weighted by molar-refractivity contribution is 14.1. The molecule has 11 heteroatoms. The van der Waals surface area contributed by atoms with E-state index in [0.29, 0.717) is 76.4 Å². The molecule has 10 nitrogen and oxygen atoms in total. The van der Waals surface area contributed by atoms with Gasteiger partial charge < -0.3 is 42.8 Å². The topological polar surface area (TPSA) is 98.8 Å². The Bertz CT molecular complexity index is 1950. The fourth-order valence-corrected chi connectivity index (χ4v) is 8.31. The van der Waals surface area contributed by atoms with Gasteiger partial charge in [-0.3, -0.25) is 4.90 Å². The van der Waals surface area contributed by atoms with Crippen molar-refractivity contribution in [3.05, 3.63) is 94.0 Å². The summed E-state index contributed by atoms with van der Waals surface area (Å²) >= 11 is 2.19. The number of carbonyl (C=O) groups is 1. The molecule has 4 aromatic rings. The summed E-state index contributed by atoms with van der Waals surface area (Å²) in [6.45, 7) is 1.36. The van der Waals surface area contributed by atoms with Gasteiger partial charge in [-0.25, -0.2) is 0 Å². The number of carbonyl (C=O) groups excluding carboxylic acids is 1. The van der Waals surface area contributed by atoms with Crippen molar-refractivity contribution in [2.75, 3.05) is 59.7 Å². The minimum atomic E-state index is -1.08. The zero-order valence-electron chi connectivity index (χ0n) is 29.6. The molecule has 4 aliphatic rings. The van der Waals surface area contributed by atoms with E-state index in [1.807, 2.05) is 55.6 Å². The molecule has 8 rings (SSSR count). The largest absolute Gasteiger partial charge is 0.544 e. The van der Waals surface area contributed by atoms with Gasteiger partial charge in [0.1, 0.15) is 22.9 Å². The summed E-state index contributed by atoms with van der Waals surface area (Å²) in [5.41, 5.74) is 6.39. The van der Waals surface area contributed by atoms with E-state index in [2.05, 4.69) is 46.7 Å². The van der Waals surface area contributed by atoms with Crippen LogP contribution in [0.2, 0.25) is 0 Å². The van der Waals surface area contributed by atoms with E-state index < -0.39 is 5.97 Å². The summed E-state index contributed by atoms with van der Waals surface area (Å²) in [5.74, 6) is 3.68. The van der Waals surface area contributed by atoms with E-state index in [4.69, 9.17) is 28.4 Å². The lowest BCUT2D eigenvalue weighted by Crippen LogP contribution is -2.56. The number of alkyl halides is 1. The van der Waals surface area contributed by atoms with Crippen LogP contribution in [0.4, 0.5) is 0 Å². The van der Waals surface area contributed by atoms with Crippen molar-refractivity contribution in [3.63, 3.8) is 0 Å². The number of halogens is 1. The number of aliphatic carboxylic acids is 1. The van der Waals surface area contributed by atoms with E-state index in [0.717, 1.165) is 46.3 Å². The molecule has 4 heterocycles. The molecular formula is C40H43IN2O8. The summed E-state index contributed by atoms with van der Waals surface area (Å²) in [6.07, 6.45) is 2.74. The van der Waals surface area contributed by atoms with Crippen molar-refractivity contribution >= 4 is 28.6 Å². The number of benzene rings is 4. The number of ether oxygens (including phenoxy) is 6. The maximum atomic E-state index is 12.2. The van der Waals surface area contributed by atoms with Crippen LogP contribution in [-0.2, 0) is 30.5 Å². The number of quaternary nitrogens is 1. The molecule has 268 valence electrons. The van der Waals surface area contributed by atoms with Crippen molar-refractivity contribution < 1.29 is 42.8 Å². The zero-order chi connectivity index (χ0) is 35.9. The Kier molecular flexibility index (Phi) is 9.97. The number of carboxylic acids is 1. The van der Waals surface area contributed by atoms with E-state index >= 15 is 0 Å². The van der Waals surface area contributed by atoms with E-state index in [-0.39, 0.29) is 23.1 Å². The molecule has 0 spiro atoms. The first-order chi connectivity index (χ1) is 24.6. The van der Waals surface area contributed by atoms with Crippen LogP contribution in [0.15, 0.2) is 60.7 Å². The highest BCUT2D eigenvalue weighted by atomic mass is 127. The molecule has 0 N–H and O–H groups in total. The van der Waals surface area contributed by atoms with Gasteiger partial charge >= 0.3 is 0 Å². The molecule has 0 radical (unpaired) electrons. The van der Waals surface area contributed by atoms with Gasteiger partial charge in [-0.15, -0.1) is 0 Å². The molecule has 0 saturated heterocycles. The van der Waals surface area contributed by atoms with Gasteiger partial charge in [-0.2, -0.15) is 0 Å². The van der Waals surface area contributed by atoms with Crippen LogP contribution in [0, 0.1) is 0 Å². The third-order valence-electron chi connectivity index (χ3n) is 10.7. The third-order valence-corrected chi connectivity index (χ3v) is 11.0. The molecule has 0 saturated carbocycles. The molecule has 0 aromatic heterocycles. The summed E-state index contributed by atoms with van der Waals surface area (Å²) in [7, 11) is 9.07. The maximum absolute atomic E-state index is 12.2. The van der Waals surface area contributed by atoms with Crippen molar-refractivity contribution in [2.45, 2.75) is 37.8 Å². The fourth-order valence-electron chi connectivity index (χ4n) is 8.00. The number of methoxy groups -OCH3 is 3. The Labute approximate surface area is 312 Å². The lowest BCUT2D eigenvalue weighted by atomic mass is 9.86. The zero-order valence-corrected chi connectivity index (χ0v) is 31.8. The van der Waals surface area contributed by atoms with Crippen LogP contribution < -0.4 is 33.5 Å². The summed E-state index contributed by atoms with van der Waals surface area (Å²) < 4.78 is 38.2. The first-order valence-corrected chi connectivity index (χ1v) is 18.7. The number of hydrogen-bond donors (Lipinski definition) is 0. The standard InChI is InChI=1S/C40H43IN2O8/c1-42-14-12-27-20-36(48-5)39(49-23-41)40-38(27)30(42)16-25-8-11-32(46-3)34(18-25)50-28-9-6-24(7-10-28)17-31-29-21-35(51-40)33(47-4)19-26(29)13-15-43(31,2)22-37(44)45/h6-11,18-21,30-31H,12-17,22-23H2,1-5H3. The minimum Gasteiger partial charge on any atom is -0.544 e. The first kappa shape index (κ1) is 35.2. The molecule has 51 heavy (non-hydrogen) atoms. The lowest BCUT2D eigenvalue weighted by molar-refractivity contribution is -0.936. The molecule has 4 aliphatic heterocycles. The first-order valence-electron chi connectivity index (χ1n) is 17.1. The Morgan fingerprint density at radius 3 is 2.29 bits per heavy atom. The van der Waals surface area contributed by atoms with Gasteiger partial charge in [0.25, 0.3) is 0 Å². The Hall–Kier alpha value is -4.20. The van der Waals surface area contributed by atoms with Crippen LogP contribution in [0.1, 0.15) is 45.5 Å². The number of carboxylic acid groups (broad SMARTS) is 1. The highest BCUT2D eigenvalue weighted by Gasteiger charge is 2.41. The number of fused-ring (bicyclic) bond motifs is 2. The van der Waals surface area contributed by atoms with Gasteiger partial charge in [0.05, 0.1) is 40.9 Å². The van der Waals surface area contributed by atoms with Crippen molar-refractivity contribution in [2.24, 2.45) is 0 Å². The van der Waals surface area contributed by atoms with Gasteiger partial charge in [-0.05, 0) is 107 Å². The Morgan fingerprint density at radius 2 is 1.59 bits per heavy atom. The summed E-state index contributed by atoms with van der Waals surface area (Å²) in [4.78, 5) is 14.5. The minimum absolute atomic E-state index is 0.0787. The predicted octanol–water partition coefficient (Wildman–Crippen LogP) is 6.19. The van der Waals surface area contributed by atoms with Crippen molar-refractivity contribution in [1.29, 1.82) is 0 Å². The van der Waals surface area contributed by atoms with E-state index in [9.17, 15) is 9.90 Å². The SMILES string of the molecule is COc1ccc2cc1Oc1ccc(cc1)CC1c3cc(c(OC)cc3CC[N+]1(C)CC(=O)[O-])Oc1c(OCI)c(OC)cc3c1C(C2)N(C)CC3. The Balaban J connectivity index is 1.49. The third kappa shape index (κ3) is 6.78. The molecular weight excluding hydrogens is 763 g/mol. The molecule has 3 atom stereocenters. The number of likely N-dealkylation sites (N-methyl/N-ethyl adjacent to an activating group) is 2. The van der Waals surface area contributed by atoms with Gasteiger partial charge in [0.15, 0.2) is 34.5 Å². The van der Waals surface area contributed by atoms with Crippen LogP contribution in [0.3, 0.4) is 0 Å². The second-order valence-electron chi connectivity index (χ2n) is 13.8. The van der Waals surface area contributed by atoms with Gasteiger partial charge in [0, 0.05) is 36.6 Å². The number of nitrogens with zero attached hydrogens (tertiary/aromatic N) is 2. The second kappa shape index (κ2) is 14.4. The maximum Gasteiger partial charge on any atom is 0.205 e. The Morgan fingerprint density at radius 1 is 0.882 bits per heavy atom. The normalized spacial score (nSPS) is 20.9. The van der Waals surface area contributed by atoms with E-state index in [1.54, 1.807) is 21.3 Å². The predicted molar refractivity (Wildman–Crippen MR) is 199 cm³/mol. The van der Waals surface area contributed by atoms with Gasteiger partial charge in [-0.1, -0.05) is 18.2 Å². The molecule has 0 amide bonds. The molecule has 3 unspecified atom stereocenters. The average molecular weight is 807 g/mol. The smallest absolute Gasteiger partial charge is 0.205 e. The molecule has 4 aromatic carbocycles. The van der Waals surface area contributed by atoms with E-state index in [1.165, 1.54) is 0 Å². The van der Waals surface area contributed by atoms with Crippen LogP contribution in [0.5, 0.6) is 46.0 Å². The highest BCUT2D eigenvalue weighted by Crippen LogP contribution is 2.52. The van der Waals surface area contributed by atoms with Crippen molar-refractivity contribution in [1.82, 2.24) is 4.90 Å². The lowest BCUT2D eigenvalue weighted by Gasteiger charge is -2.46. The molecule has 0 aliphatic carbocycles. The second-order valence-corrected chi connectivity index (χ2v) is 14.4. The quantitative estimate of drug-likeness (QED) is 0.123. The van der Waals surface area contributed by atoms with Crippen LogP contribution in [-0.4, -0.2) is 75.0 Å². The number of hydrogen-bond acceptors (Lipinski definition) is 9.